The van der Waals surface area contributed by atoms with Crippen LogP contribution in [0.5, 0.6) is 0 Å². The van der Waals surface area contributed by atoms with Crippen molar-refractivity contribution in [2.45, 2.75) is 51.1 Å². The maximum Gasteiger partial charge on any atom is 0.462 e. The molecule has 0 bridgehead atoms. The lowest BCUT2D eigenvalue weighted by atomic mass is 9.81. The lowest BCUT2D eigenvalue weighted by Crippen LogP contribution is -2.41. The van der Waals surface area contributed by atoms with Gasteiger partial charge in [0.05, 0.1) is 17.3 Å². The predicted molar refractivity (Wildman–Crippen MR) is 53.6 cm³/mol. The highest BCUT2D eigenvalue weighted by Gasteiger charge is 2.59. The van der Waals surface area contributed by atoms with Crippen LogP contribution in [-0.2, 0) is 9.31 Å². The lowest BCUT2D eigenvalue weighted by Gasteiger charge is -2.32. The van der Waals surface area contributed by atoms with E-state index in [1.54, 1.807) is 0 Å². The average Bonchev–Trinajstić information content (AvgIpc) is 2.75. The van der Waals surface area contributed by atoms with Crippen LogP contribution in [0.25, 0.3) is 0 Å². The first kappa shape index (κ1) is 10.0. The van der Waals surface area contributed by atoms with Gasteiger partial charge in [-0.3, -0.25) is 0 Å². The quantitative estimate of drug-likeness (QED) is 0.598. The summed E-state index contributed by atoms with van der Waals surface area (Å²) in [5.74, 6) is 0.436. The van der Waals surface area contributed by atoms with Crippen LogP contribution in [0.15, 0.2) is 0 Å². The first-order valence-electron chi connectivity index (χ1n) is 5.13. The van der Waals surface area contributed by atoms with Gasteiger partial charge in [0.25, 0.3) is 0 Å². The Kier molecular flexibility index (Phi) is 1.96. The molecule has 4 heteroatoms. The molecule has 0 radical (unpaired) electrons. The fraction of sp³-hybridized carbons (Fsp3) is 0.900. The molecule has 0 aromatic rings. The molecule has 14 heavy (non-hydrogen) atoms. The van der Waals surface area contributed by atoms with Gasteiger partial charge in [-0.05, 0) is 34.1 Å². The Balaban J connectivity index is 2.05. The van der Waals surface area contributed by atoms with E-state index < -0.39 is 0 Å². The fourth-order valence-electron chi connectivity index (χ4n) is 1.73. The molecule has 1 heterocycles. The van der Waals surface area contributed by atoms with Gasteiger partial charge in [0.1, 0.15) is 0 Å². The molecule has 0 aromatic carbocycles. The van der Waals surface area contributed by atoms with Crippen LogP contribution in [0.2, 0.25) is 5.82 Å². The van der Waals surface area contributed by atoms with Crippen LogP contribution in [0.4, 0.5) is 0 Å². The van der Waals surface area contributed by atoms with Gasteiger partial charge in [-0.15, -0.1) is 0 Å². The molecule has 0 unspecified atom stereocenters. The van der Waals surface area contributed by atoms with Crippen molar-refractivity contribution in [3.63, 3.8) is 0 Å². The highest BCUT2D eigenvalue weighted by molar-refractivity contribution is 6.48. The smallest absolute Gasteiger partial charge is 0.403 e. The second-order valence-electron chi connectivity index (χ2n) is 5.26. The van der Waals surface area contributed by atoms with Crippen LogP contribution in [0, 0.1) is 17.2 Å². The molecule has 76 valence electrons. The van der Waals surface area contributed by atoms with Crippen molar-refractivity contribution in [2.75, 3.05) is 0 Å². The second-order valence-corrected chi connectivity index (χ2v) is 5.26. The van der Waals surface area contributed by atoms with E-state index in [-0.39, 0.29) is 24.2 Å². The molecule has 0 spiro atoms. The van der Waals surface area contributed by atoms with E-state index >= 15 is 0 Å². The van der Waals surface area contributed by atoms with E-state index in [4.69, 9.17) is 14.6 Å². The molecule has 0 amide bonds. The van der Waals surface area contributed by atoms with E-state index in [0.717, 1.165) is 6.42 Å². The molecule has 1 saturated carbocycles. The Morgan fingerprint density at radius 3 is 2.07 bits per heavy atom. The molecule has 3 nitrogen and oxygen atoms in total. The number of nitrogens with zero attached hydrogens (tertiary/aromatic N) is 1. The summed E-state index contributed by atoms with van der Waals surface area (Å²) in [5, 5.41) is 8.74. The summed E-state index contributed by atoms with van der Waals surface area (Å²) in [7, 11) is -0.176. The first-order chi connectivity index (χ1) is 6.37. The SMILES string of the molecule is CC1(C)OB([C@@H]2C[C@@H]2C#N)OC1(C)C. The molecule has 1 aliphatic heterocycles. The number of hydrogen-bond donors (Lipinski definition) is 0. The van der Waals surface area contributed by atoms with E-state index in [2.05, 4.69) is 6.07 Å². The minimum absolute atomic E-state index is 0.143. The van der Waals surface area contributed by atoms with Crippen LogP contribution >= 0.6 is 0 Å². The normalized spacial score (nSPS) is 38.1. The molecule has 1 aliphatic carbocycles. The largest absolute Gasteiger partial charge is 0.462 e. The highest BCUT2D eigenvalue weighted by atomic mass is 16.7. The van der Waals surface area contributed by atoms with E-state index in [1.165, 1.54) is 0 Å². The van der Waals surface area contributed by atoms with Gasteiger partial charge < -0.3 is 9.31 Å². The van der Waals surface area contributed by atoms with Crippen molar-refractivity contribution in [1.82, 2.24) is 0 Å². The molecule has 2 atom stereocenters. The Hall–Kier alpha value is -0.525. The van der Waals surface area contributed by atoms with Crippen LogP contribution < -0.4 is 0 Å². The van der Waals surface area contributed by atoms with Crippen molar-refractivity contribution in [3.8, 4) is 6.07 Å². The third kappa shape index (κ3) is 1.36. The summed E-state index contributed by atoms with van der Waals surface area (Å²) in [6.45, 7) is 8.15. The molecule has 2 aliphatic rings. The molecular formula is C10H16BNO2. The molecule has 1 saturated heterocycles. The van der Waals surface area contributed by atoms with Gasteiger partial charge in [0, 0.05) is 11.7 Å². The minimum Gasteiger partial charge on any atom is -0.403 e. The topological polar surface area (TPSA) is 42.2 Å². The second kappa shape index (κ2) is 2.74. The zero-order valence-corrected chi connectivity index (χ0v) is 9.20. The maximum absolute atomic E-state index is 8.74. The van der Waals surface area contributed by atoms with Gasteiger partial charge in [-0.1, -0.05) is 0 Å². The van der Waals surface area contributed by atoms with Crippen LogP contribution in [0.3, 0.4) is 0 Å². The van der Waals surface area contributed by atoms with Crippen molar-refractivity contribution in [2.24, 2.45) is 5.92 Å². The number of rotatable bonds is 1. The van der Waals surface area contributed by atoms with Crippen molar-refractivity contribution in [3.05, 3.63) is 0 Å². The minimum atomic E-state index is -0.264. The van der Waals surface area contributed by atoms with E-state index in [9.17, 15) is 0 Å². The van der Waals surface area contributed by atoms with Crippen molar-refractivity contribution in [1.29, 1.82) is 5.26 Å². The standard InChI is InChI=1S/C10H16BNO2/c1-9(2)10(3,4)14-11(13-9)8-5-7(8)6-12/h7-8H,5H2,1-4H3/t7-,8-/m1/s1. The maximum atomic E-state index is 8.74. The summed E-state index contributed by atoms with van der Waals surface area (Å²) in [5.41, 5.74) is -0.527. The summed E-state index contributed by atoms with van der Waals surface area (Å²) in [6.07, 6.45) is 0.924. The third-order valence-corrected chi connectivity index (χ3v) is 3.63. The Morgan fingerprint density at radius 2 is 1.71 bits per heavy atom. The number of hydrogen-bond acceptors (Lipinski definition) is 3. The predicted octanol–water partition coefficient (Wildman–Crippen LogP) is 1.99. The summed E-state index contributed by atoms with van der Waals surface area (Å²) >= 11 is 0. The van der Waals surface area contributed by atoms with E-state index in [0.29, 0.717) is 5.82 Å². The monoisotopic (exact) mass is 193 g/mol. The van der Waals surface area contributed by atoms with Gasteiger partial charge in [-0.25, -0.2) is 0 Å². The van der Waals surface area contributed by atoms with Gasteiger partial charge >= 0.3 is 7.12 Å². The highest BCUT2D eigenvalue weighted by Crippen LogP contribution is 2.52. The molecule has 2 fully saturated rings. The Morgan fingerprint density at radius 1 is 1.21 bits per heavy atom. The number of nitriles is 1. The first-order valence-corrected chi connectivity index (χ1v) is 5.13. The van der Waals surface area contributed by atoms with Crippen molar-refractivity contribution >= 4 is 7.12 Å². The molecule has 2 rings (SSSR count). The zero-order valence-electron chi connectivity index (χ0n) is 9.20. The fourth-order valence-corrected chi connectivity index (χ4v) is 1.73. The molecule has 0 N–H and O–H groups in total. The summed E-state index contributed by atoms with van der Waals surface area (Å²) in [6, 6.07) is 2.26. The lowest BCUT2D eigenvalue weighted by molar-refractivity contribution is 0.00578. The average molecular weight is 193 g/mol. The van der Waals surface area contributed by atoms with Gasteiger partial charge in [-0.2, -0.15) is 5.26 Å². The van der Waals surface area contributed by atoms with Crippen LogP contribution in [-0.4, -0.2) is 18.3 Å². The van der Waals surface area contributed by atoms with Crippen molar-refractivity contribution < 1.29 is 9.31 Å². The van der Waals surface area contributed by atoms with E-state index in [1.807, 2.05) is 27.7 Å². The zero-order chi connectivity index (χ0) is 10.6. The Bertz CT molecular complexity index is 279. The summed E-state index contributed by atoms with van der Waals surface area (Å²) < 4.78 is 11.7. The van der Waals surface area contributed by atoms with Crippen LogP contribution in [0.1, 0.15) is 34.1 Å². The molecular weight excluding hydrogens is 177 g/mol. The molecule has 0 aromatic heterocycles. The third-order valence-electron chi connectivity index (χ3n) is 3.63. The van der Waals surface area contributed by atoms with Gasteiger partial charge in [0.15, 0.2) is 0 Å². The van der Waals surface area contributed by atoms with Gasteiger partial charge in [0.2, 0.25) is 0 Å². The Labute approximate surface area is 85.5 Å². The summed E-state index contributed by atoms with van der Waals surface area (Å²) in [4.78, 5) is 0.